The number of amides is 1. The molecule has 0 spiro atoms. The zero-order chi connectivity index (χ0) is 16.4. The first-order valence-corrected chi connectivity index (χ1v) is 6.78. The maximum atomic E-state index is 12.7. The van der Waals surface area contributed by atoms with Crippen molar-refractivity contribution in [2.24, 2.45) is 0 Å². The number of nitrogens with one attached hydrogen (secondary N) is 1. The Kier molecular flexibility index (Phi) is 3.73. The van der Waals surface area contributed by atoms with Crippen LogP contribution >= 0.6 is 0 Å². The van der Waals surface area contributed by atoms with E-state index in [9.17, 15) is 18.0 Å². The molecule has 0 bridgehead atoms. The Morgan fingerprint density at radius 3 is 2.52 bits per heavy atom. The van der Waals surface area contributed by atoms with E-state index in [1.54, 1.807) is 18.2 Å². The van der Waals surface area contributed by atoms with Crippen molar-refractivity contribution < 1.29 is 18.0 Å². The number of aromatic nitrogens is 1. The molecule has 0 aliphatic heterocycles. The molecule has 116 valence electrons. The summed E-state index contributed by atoms with van der Waals surface area (Å²) in [6.45, 7) is 0. The average molecular weight is 316 g/mol. The molecule has 3 nitrogen and oxygen atoms in total. The molecule has 0 fully saturated rings. The van der Waals surface area contributed by atoms with Crippen LogP contribution in [0.3, 0.4) is 0 Å². The molecule has 0 radical (unpaired) electrons. The van der Waals surface area contributed by atoms with E-state index in [1.165, 1.54) is 12.1 Å². The highest BCUT2D eigenvalue weighted by Gasteiger charge is 2.30. The van der Waals surface area contributed by atoms with Gasteiger partial charge in [0, 0.05) is 10.9 Å². The second kappa shape index (κ2) is 5.72. The van der Waals surface area contributed by atoms with Crippen LogP contribution in [-0.2, 0) is 6.18 Å². The second-order valence-electron chi connectivity index (χ2n) is 4.92. The van der Waals surface area contributed by atoms with Gasteiger partial charge in [0.05, 0.1) is 11.1 Å². The third-order valence-corrected chi connectivity index (χ3v) is 3.29. The summed E-state index contributed by atoms with van der Waals surface area (Å²) >= 11 is 0. The first-order chi connectivity index (χ1) is 10.9. The summed E-state index contributed by atoms with van der Waals surface area (Å²) in [5.41, 5.74) is -0.249. The third-order valence-electron chi connectivity index (χ3n) is 3.29. The number of nitrogens with zero attached hydrogens (tertiary/aromatic N) is 1. The first-order valence-electron chi connectivity index (χ1n) is 6.78. The van der Waals surface area contributed by atoms with Crippen LogP contribution in [-0.4, -0.2) is 10.9 Å². The zero-order valence-corrected chi connectivity index (χ0v) is 11.8. The van der Waals surface area contributed by atoms with E-state index in [-0.39, 0.29) is 11.4 Å². The second-order valence-corrected chi connectivity index (χ2v) is 4.92. The van der Waals surface area contributed by atoms with Gasteiger partial charge in [-0.3, -0.25) is 4.79 Å². The first kappa shape index (κ1) is 15.0. The lowest BCUT2D eigenvalue weighted by molar-refractivity contribution is -0.137. The minimum Gasteiger partial charge on any atom is -0.307 e. The zero-order valence-electron chi connectivity index (χ0n) is 11.8. The van der Waals surface area contributed by atoms with Crippen LogP contribution in [0.15, 0.2) is 60.7 Å². The van der Waals surface area contributed by atoms with Gasteiger partial charge >= 0.3 is 6.18 Å². The summed E-state index contributed by atoms with van der Waals surface area (Å²) in [5.74, 6) is -0.356. The van der Waals surface area contributed by atoms with Crippen LogP contribution < -0.4 is 5.32 Å². The van der Waals surface area contributed by atoms with Gasteiger partial charge in [0.1, 0.15) is 5.82 Å². The van der Waals surface area contributed by atoms with E-state index in [2.05, 4.69) is 10.3 Å². The van der Waals surface area contributed by atoms with E-state index < -0.39 is 17.6 Å². The van der Waals surface area contributed by atoms with Gasteiger partial charge in [0.25, 0.3) is 5.91 Å². The van der Waals surface area contributed by atoms with Crippen molar-refractivity contribution in [3.05, 3.63) is 71.8 Å². The van der Waals surface area contributed by atoms with Gasteiger partial charge in [-0.15, -0.1) is 0 Å². The predicted molar refractivity (Wildman–Crippen MR) is 81.1 cm³/mol. The molecule has 0 atom stereocenters. The minimum atomic E-state index is -4.49. The van der Waals surface area contributed by atoms with Gasteiger partial charge in [-0.05, 0) is 36.4 Å². The molecule has 1 aromatic heterocycles. The Bertz CT molecular complexity index is 875. The lowest BCUT2D eigenvalue weighted by Gasteiger charge is -2.09. The van der Waals surface area contributed by atoms with Crippen molar-refractivity contribution >= 4 is 22.6 Å². The molecule has 0 unspecified atom stereocenters. The molecule has 1 heterocycles. The molecular weight excluding hydrogens is 305 g/mol. The number of benzene rings is 2. The highest BCUT2D eigenvalue weighted by atomic mass is 19.4. The van der Waals surface area contributed by atoms with E-state index in [0.29, 0.717) is 5.52 Å². The van der Waals surface area contributed by atoms with Gasteiger partial charge < -0.3 is 5.32 Å². The number of carbonyl (C=O) groups is 1. The maximum absolute atomic E-state index is 12.7. The number of halogens is 3. The van der Waals surface area contributed by atoms with Gasteiger partial charge in [-0.25, -0.2) is 4.98 Å². The summed E-state index contributed by atoms with van der Waals surface area (Å²) in [6, 6.07) is 15.0. The topological polar surface area (TPSA) is 42.0 Å². The highest BCUT2D eigenvalue weighted by molar-refractivity contribution is 6.04. The van der Waals surface area contributed by atoms with E-state index in [0.717, 1.165) is 17.5 Å². The molecule has 3 aromatic rings. The van der Waals surface area contributed by atoms with Gasteiger partial charge in [0.2, 0.25) is 0 Å². The molecule has 1 N–H and O–H groups in total. The Labute approximate surface area is 129 Å². The third kappa shape index (κ3) is 3.31. The monoisotopic (exact) mass is 316 g/mol. The van der Waals surface area contributed by atoms with Crippen molar-refractivity contribution in [3.8, 4) is 0 Å². The number of fused-ring (bicyclic) bond motifs is 1. The quantitative estimate of drug-likeness (QED) is 0.756. The highest BCUT2D eigenvalue weighted by Crippen LogP contribution is 2.29. The Morgan fingerprint density at radius 1 is 0.957 bits per heavy atom. The molecule has 0 saturated heterocycles. The van der Waals surface area contributed by atoms with Crippen molar-refractivity contribution in [2.45, 2.75) is 6.18 Å². The fourth-order valence-corrected chi connectivity index (χ4v) is 2.16. The Morgan fingerprint density at radius 2 is 1.74 bits per heavy atom. The molecule has 0 aliphatic rings. The number of para-hydroxylation sites is 1. The summed E-state index contributed by atoms with van der Waals surface area (Å²) < 4.78 is 38.1. The molecule has 6 heteroatoms. The molecular formula is C17H11F3N2O. The maximum Gasteiger partial charge on any atom is 0.416 e. The Hall–Kier alpha value is -2.89. The molecule has 2 aromatic carbocycles. The number of carbonyl (C=O) groups excluding carboxylic acids is 1. The molecule has 1 amide bonds. The number of hydrogen-bond donors (Lipinski definition) is 1. The smallest absolute Gasteiger partial charge is 0.307 e. The van der Waals surface area contributed by atoms with Crippen LogP contribution in [0.5, 0.6) is 0 Å². The van der Waals surface area contributed by atoms with Crippen molar-refractivity contribution in [1.82, 2.24) is 4.98 Å². The van der Waals surface area contributed by atoms with Crippen LogP contribution in [0.25, 0.3) is 10.9 Å². The standard InChI is InChI=1S/C17H11F3N2O/c18-17(19,20)13-6-3-5-12(10-13)16(23)22-15-9-8-11-4-1-2-7-14(11)21-15/h1-10H,(H,21,22,23). The van der Waals surface area contributed by atoms with Crippen molar-refractivity contribution in [2.75, 3.05) is 5.32 Å². The van der Waals surface area contributed by atoms with Gasteiger partial charge in [-0.2, -0.15) is 13.2 Å². The van der Waals surface area contributed by atoms with Crippen molar-refractivity contribution in [1.29, 1.82) is 0 Å². The van der Waals surface area contributed by atoms with E-state index >= 15 is 0 Å². The number of pyridine rings is 1. The predicted octanol–water partition coefficient (Wildman–Crippen LogP) is 4.51. The molecule has 0 aliphatic carbocycles. The van der Waals surface area contributed by atoms with Gasteiger partial charge in [0.15, 0.2) is 0 Å². The van der Waals surface area contributed by atoms with Crippen LogP contribution in [0.2, 0.25) is 0 Å². The van der Waals surface area contributed by atoms with E-state index in [1.807, 2.05) is 18.2 Å². The molecule has 23 heavy (non-hydrogen) atoms. The lowest BCUT2D eigenvalue weighted by atomic mass is 10.1. The lowest BCUT2D eigenvalue weighted by Crippen LogP contribution is -2.14. The summed E-state index contributed by atoms with van der Waals surface area (Å²) in [7, 11) is 0. The fraction of sp³-hybridized carbons (Fsp3) is 0.0588. The van der Waals surface area contributed by atoms with Crippen LogP contribution in [0.1, 0.15) is 15.9 Å². The summed E-state index contributed by atoms with van der Waals surface area (Å²) in [6.07, 6.45) is -4.49. The average Bonchev–Trinajstić information content (AvgIpc) is 2.54. The normalized spacial score (nSPS) is 11.4. The number of rotatable bonds is 2. The molecule has 3 rings (SSSR count). The van der Waals surface area contributed by atoms with Gasteiger partial charge in [-0.1, -0.05) is 24.3 Å². The van der Waals surface area contributed by atoms with Crippen LogP contribution in [0.4, 0.5) is 19.0 Å². The molecule has 0 saturated carbocycles. The Balaban J connectivity index is 1.86. The van der Waals surface area contributed by atoms with Crippen molar-refractivity contribution in [3.63, 3.8) is 0 Å². The SMILES string of the molecule is O=C(Nc1ccc2ccccc2n1)c1cccc(C(F)(F)F)c1. The minimum absolute atomic E-state index is 0.0743. The fourth-order valence-electron chi connectivity index (χ4n) is 2.16. The number of alkyl halides is 3. The number of anilines is 1. The summed E-state index contributed by atoms with van der Waals surface area (Å²) in [4.78, 5) is 16.4. The number of hydrogen-bond acceptors (Lipinski definition) is 2. The van der Waals surface area contributed by atoms with Crippen LogP contribution in [0, 0.1) is 0 Å². The largest absolute Gasteiger partial charge is 0.416 e. The summed E-state index contributed by atoms with van der Waals surface area (Å²) in [5, 5.41) is 3.42. The van der Waals surface area contributed by atoms with E-state index in [4.69, 9.17) is 0 Å².